The molecule has 1 aliphatic heterocycles. The smallest absolute Gasteiger partial charge is 0.251 e. The number of nitrogens with zero attached hydrogens (tertiary/aromatic N) is 1. The predicted molar refractivity (Wildman–Crippen MR) is 90.8 cm³/mol. The standard InChI is InChI=1S/C16H23N3O3.ClH/c1-17-16(21)13-5-3-12(4-6-13)10-19(2)15(20)9-14-11-22-8-7-18-14;/h3-6,14,18H,7-11H2,1-2H3,(H,17,21);1H. The number of halogens is 1. The van der Waals surface area contributed by atoms with Crippen molar-refractivity contribution in [1.82, 2.24) is 15.5 Å². The number of morpholine rings is 1. The van der Waals surface area contributed by atoms with Crippen LogP contribution in [0.15, 0.2) is 24.3 Å². The lowest BCUT2D eigenvalue weighted by Gasteiger charge is -2.25. The Morgan fingerprint density at radius 2 is 2.04 bits per heavy atom. The van der Waals surface area contributed by atoms with E-state index in [0.29, 0.717) is 31.7 Å². The number of ether oxygens (including phenoxy) is 1. The van der Waals surface area contributed by atoms with Crippen molar-refractivity contribution in [3.05, 3.63) is 35.4 Å². The number of carbonyl (C=O) groups excluding carboxylic acids is 2. The maximum absolute atomic E-state index is 12.2. The van der Waals surface area contributed by atoms with Crippen LogP contribution in [-0.4, -0.2) is 56.6 Å². The Kier molecular flexibility index (Phi) is 8.02. The van der Waals surface area contributed by atoms with Crippen molar-refractivity contribution in [2.75, 3.05) is 33.9 Å². The van der Waals surface area contributed by atoms with E-state index >= 15 is 0 Å². The molecular weight excluding hydrogens is 318 g/mol. The van der Waals surface area contributed by atoms with E-state index in [1.807, 2.05) is 12.1 Å². The molecular formula is C16H24ClN3O3. The van der Waals surface area contributed by atoms with E-state index in [0.717, 1.165) is 12.1 Å². The topological polar surface area (TPSA) is 70.7 Å². The molecule has 1 aromatic rings. The largest absolute Gasteiger partial charge is 0.378 e. The number of rotatable bonds is 5. The molecule has 0 aromatic heterocycles. The van der Waals surface area contributed by atoms with E-state index in [1.54, 1.807) is 31.1 Å². The van der Waals surface area contributed by atoms with Crippen LogP contribution in [0.25, 0.3) is 0 Å². The van der Waals surface area contributed by atoms with Gasteiger partial charge in [-0.15, -0.1) is 12.4 Å². The second kappa shape index (κ2) is 9.50. The SMILES string of the molecule is CNC(=O)c1ccc(CN(C)C(=O)CC2COCCN2)cc1.Cl. The maximum Gasteiger partial charge on any atom is 0.251 e. The minimum Gasteiger partial charge on any atom is -0.378 e. The highest BCUT2D eigenvalue weighted by molar-refractivity contribution is 5.93. The number of benzene rings is 1. The van der Waals surface area contributed by atoms with Crippen molar-refractivity contribution in [3.8, 4) is 0 Å². The molecule has 23 heavy (non-hydrogen) atoms. The summed E-state index contributed by atoms with van der Waals surface area (Å²) in [4.78, 5) is 25.4. The highest BCUT2D eigenvalue weighted by Gasteiger charge is 2.19. The van der Waals surface area contributed by atoms with Crippen molar-refractivity contribution in [3.63, 3.8) is 0 Å². The molecule has 0 spiro atoms. The Balaban J connectivity index is 0.00000264. The lowest BCUT2D eigenvalue weighted by Crippen LogP contribution is -2.44. The van der Waals surface area contributed by atoms with Crippen LogP contribution >= 0.6 is 12.4 Å². The van der Waals surface area contributed by atoms with Crippen LogP contribution in [0.4, 0.5) is 0 Å². The van der Waals surface area contributed by atoms with Crippen LogP contribution < -0.4 is 10.6 Å². The van der Waals surface area contributed by atoms with Crippen LogP contribution in [0.2, 0.25) is 0 Å². The number of carbonyl (C=O) groups is 2. The van der Waals surface area contributed by atoms with E-state index in [-0.39, 0.29) is 30.3 Å². The third-order valence-electron chi connectivity index (χ3n) is 3.71. The van der Waals surface area contributed by atoms with E-state index < -0.39 is 0 Å². The molecule has 7 heteroatoms. The monoisotopic (exact) mass is 341 g/mol. The van der Waals surface area contributed by atoms with Crippen LogP contribution in [-0.2, 0) is 16.1 Å². The van der Waals surface area contributed by atoms with Crippen LogP contribution in [0.3, 0.4) is 0 Å². The molecule has 1 saturated heterocycles. The molecule has 1 heterocycles. The van der Waals surface area contributed by atoms with Gasteiger partial charge in [0, 0.05) is 45.2 Å². The van der Waals surface area contributed by atoms with Gasteiger partial charge in [-0.25, -0.2) is 0 Å². The molecule has 0 saturated carbocycles. The van der Waals surface area contributed by atoms with Crippen LogP contribution in [0.5, 0.6) is 0 Å². The van der Waals surface area contributed by atoms with Gasteiger partial charge in [-0.05, 0) is 17.7 Å². The van der Waals surface area contributed by atoms with Crippen molar-refractivity contribution < 1.29 is 14.3 Å². The molecule has 1 aliphatic rings. The molecule has 1 atom stereocenters. The first-order valence-corrected chi connectivity index (χ1v) is 7.46. The van der Waals surface area contributed by atoms with Crippen molar-refractivity contribution in [2.45, 2.75) is 19.0 Å². The summed E-state index contributed by atoms with van der Waals surface area (Å²) in [7, 11) is 3.39. The van der Waals surface area contributed by atoms with Gasteiger partial charge in [-0.2, -0.15) is 0 Å². The molecule has 2 rings (SSSR count). The van der Waals surface area contributed by atoms with E-state index in [9.17, 15) is 9.59 Å². The fraction of sp³-hybridized carbons (Fsp3) is 0.500. The second-order valence-electron chi connectivity index (χ2n) is 5.46. The van der Waals surface area contributed by atoms with Crippen LogP contribution in [0.1, 0.15) is 22.3 Å². The van der Waals surface area contributed by atoms with Gasteiger partial charge >= 0.3 is 0 Å². The van der Waals surface area contributed by atoms with Gasteiger partial charge in [0.25, 0.3) is 5.91 Å². The van der Waals surface area contributed by atoms with Gasteiger partial charge in [0.05, 0.1) is 13.2 Å². The molecule has 0 radical (unpaired) electrons. The highest BCUT2D eigenvalue weighted by Crippen LogP contribution is 2.09. The lowest BCUT2D eigenvalue weighted by atomic mass is 10.1. The number of hydrogen-bond donors (Lipinski definition) is 2. The minimum atomic E-state index is -0.112. The molecule has 1 unspecified atom stereocenters. The summed E-state index contributed by atoms with van der Waals surface area (Å²) < 4.78 is 5.36. The molecule has 2 amide bonds. The zero-order chi connectivity index (χ0) is 15.9. The summed E-state index contributed by atoms with van der Waals surface area (Å²) in [6, 6.07) is 7.37. The number of amides is 2. The zero-order valence-electron chi connectivity index (χ0n) is 13.5. The number of hydrogen-bond acceptors (Lipinski definition) is 4. The van der Waals surface area contributed by atoms with Crippen molar-refractivity contribution in [1.29, 1.82) is 0 Å². The quantitative estimate of drug-likeness (QED) is 0.831. The molecule has 2 N–H and O–H groups in total. The summed E-state index contributed by atoms with van der Waals surface area (Å²) in [5, 5.41) is 5.86. The molecule has 1 fully saturated rings. The first-order chi connectivity index (χ1) is 10.6. The van der Waals surface area contributed by atoms with Gasteiger partial charge in [0.2, 0.25) is 5.91 Å². The second-order valence-corrected chi connectivity index (χ2v) is 5.46. The predicted octanol–water partition coefficient (Wildman–Crippen LogP) is 0.805. The molecule has 128 valence electrons. The Labute approximate surface area is 143 Å². The van der Waals surface area contributed by atoms with Gasteiger partial charge in [0.1, 0.15) is 0 Å². The Morgan fingerprint density at radius 3 is 2.61 bits per heavy atom. The van der Waals surface area contributed by atoms with E-state index in [4.69, 9.17) is 4.74 Å². The average molecular weight is 342 g/mol. The van der Waals surface area contributed by atoms with Gasteiger partial charge in [-0.3, -0.25) is 9.59 Å². The summed E-state index contributed by atoms with van der Waals surface area (Å²) in [6.07, 6.45) is 0.437. The summed E-state index contributed by atoms with van der Waals surface area (Å²) in [5.74, 6) is -0.0299. The minimum absolute atomic E-state index is 0. The molecule has 6 nitrogen and oxygen atoms in total. The fourth-order valence-electron chi connectivity index (χ4n) is 2.39. The zero-order valence-corrected chi connectivity index (χ0v) is 14.3. The third-order valence-corrected chi connectivity index (χ3v) is 3.71. The van der Waals surface area contributed by atoms with Crippen LogP contribution in [0, 0.1) is 0 Å². The van der Waals surface area contributed by atoms with Crippen molar-refractivity contribution in [2.24, 2.45) is 0 Å². The Bertz CT molecular complexity index is 516. The first kappa shape index (κ1) is 19.4. The van der Waals surface area contributed by atoms with Crippen molar-refractivity contribution >= 4 is 24.2 Å². The van der Waals surface area contributed by atoms with Gasteiger partial charge < -0.3 is 20.3 Å². The summed E-state index contributed by atoms with van der Waals surface area (Å²) >= 11 is 0. The highest BCUT2D eigenvalue weighted by atomic mass is 35.5. The molecule has 0 bridgehead atoms. The average Bonchev–Trinajstić information content (AvgIpc) is 2.55. The summed E-state index contributed by atoms with van der Waals surface area (Å²) in [6.45, 7) is 2.61. The van der Waals surface area contributed by atoms with Gasteiger partial charge in [-0.1, -0.05) is 12.1 Å². The fourth-order valence-corrected chi connectivity index (χ4v) is 2.39. The van der Waals surface area contributed by atoms with Gasteiger partial charge in [0.15, 0.2) is 0 Å². The van der Waals surface area contributed by atoms with E-state index in [2.05, 4.69) is 10.6 Å². The molecule has 1 aromatic carbocycles. The first-order valence-electron chi connectivity index (χ1n) is 7.46. The normalized spacial score (nSPS) is 17.0. The maximum atomic E-state index is 12.2. The summed E-state index contributed by atoms with van der Waals surface area (Å²) in [5.41, 5.74) is 1.61. The number of nitrogens with one attached hydrogen (secondary N) is 2. The molecule has 0 aliphatic carbocycles. The van der Waals surface area contributed by atoms with E-state index in [1.165, 1.54) is 0 Å². The third kappa shape index (κ3) is 5.82. The lowest BCUT2D eigenvalue weighted by molar-refractivity contribution is -0.131. The Morgan fingerprint density at radius 1 is 1.35 bits per heavy atom. The Hall–Kier alpha value is -1.63.